The number of carbonyl (C=O) groups is 2. The van der Waals surface area contributed by atoms with Gasteiger partial charge in [0, 0.05) is 11.4 Å². The zero-order chi connectivity index (χ0) is 18.8. The van der Waals surface area contributed by atoms with Crippen molar-refractivity contribution in [1.29, 1.82) is 0 Å². The van der Waals surface area contributed by atoms with Gasteiger partial charge in [0.1, 0.15) is 0 Å². The lowest BCUT2D eigenvalue weighted by atomic mass is 10.1. The summed E-state index contributed by atoms with van der Waals surface area (Å²) in [5.41, 5.74) is 1.29. The number of thioether (sulfide) groups is 1. The molecule has 0 unspecified atom stereocenters. The summed E-state index contributed by atoms with van der Waals surface area (Å²) >= 11 is 1.24. The van der Waals surface area contributed by atoms with E-state index in [9.17, 15) is 9.59 Å². The van der Waals surface area contributed by atoms with Crippen LogP contribution >= 0.6 is 11.8 Å². The van der Waals surface area contributed by atoms with Crippen molar-refractivity contribution >= 4 is 40.5 Å². The molecule has 1 aliphatic rings. The predicted molar refractivity (Wildman–Crippen MR) is 101 cm³/mol. The van der Waals surface area contributed by atoms with Crippen molar-refractivity contribution in [2.24, 2.45) is 0 Å². The van der Waals surface area contributed by atoms with Crippen molar-refractivity contribution in [3.05, 3.63) is 41.7 Å². The van der Waals surface area contributed by atoms with E-state index in [1.165, 1.54) is 11.8 Å². The maximum Gasteiger partial charge on any atom is 0.328 e. The highest BCUT2D eigenvalue weighted by Crippen LogP contribution is 2.26. The maximum absolute atomic E-state index is 12.6. The topological polar surface area (TPSA) is 110 Å². The van der Waals surface area contributed by atoms with Crippen LogP contribution < -0.4 is 10.6 Å². The van der Waals surface area contributed by atoms with Crippen molar-refractivity contribution in [2.75, 3.05) is 11.1 Å². The van der Waals surface area contributed by atoms with Crippen LogP contribution in [0.25, 0.3) is 10.9 Å². The van der Waals surface area contributed by atoms with E-state index in [1.807, 2.05) is 24.3 Å². The smallest absolute Gasteiger partial charge is 0.328 e. The number of pyridine rings is 1. The first kappa shape index (κ1) is 17.5. The van der Waals surface area contributed by atoms with E-state index in [0.29, 0.717) is 16.4 Å². The lowest BCUT2D eigenvalue weighted by molar-refractivity contribution is -0.114. The molecule has 2 N–H and O–H groups in total. The Balaban J connectivity index is 1.50. The molecule has 27 heavy (non-hydrogen) atoms. The molecule has 0 spiro atoms. The quantitative estimate of drug-likeness (QED) is 0.629. The van der Waals surface area contributed by atoms with Crippen LogP contribution in [0.4, 0.5) is 6.01 Å². The fourth-order valence-corrected chi connectivity index (χ4v) is 3.26. The summed E-state index contributed by atoms with van der Waals surface area (Å²) in [5.74, 6) is 0.156. The van der Waals surface area contributed by atoms with Crippen LogP contribution in [0.1, 0.15) is 29.0 Å². The molecule has 0 aliphatic heterocycles. The van der Waals surface area contributed by atoms with Crippen molar-refractivity contribution in [1.82, 2.24) is 20.4 Å². The van der Waals surface area contributed by atoms with Crippen LogP contribution in [0.3, 0.4) is 0 Å². The van der Waals surface area contributed by atoms with Gasteiger partial charge in [0.2, 0.25) is 5.91 Å². The lowest BCUT2D eigenvalue weighted by Crippen LogP contribution is -2.25. The third-order valence-electron chi connectivity index (χ3n) is 3.97. The van der Waals surface area contributed by atoms with Gasteiger partial charge >= 0.3 is 6.01 Å². The maximum atomic E-state index is 12.6. The molecule has 0 bridgehead atoms. The van der Waals surface area contributed by atoms with E-state index in [4.69, 9.17) is 4.52 Å². The molecule has 138 valence electrons. The number of rotatable bonds is 6. The largest absolute Gasteiger partial charge is 0.349 e. The Labute approximate surface area is 159 Å². The second kappa shape index (κ2) is 7.36. The van der Waals surface area contributed by atoms with Gasteiger partial charge in [-0.2, -0.15) is 4.98 Å². The first-order chi connectivity index (χ1) is 13.1. The van der Waals surface area contributed by atoms with Crippen LogP contribution in [0.15, 0.2) is 39.9 Å². The van der Waals surface area contributed by atoms with Crippen LogP contribution in [0, 0.1) is 6.92 Å². The minimum absolute atomic E-state index is 0.0640. The molecule has 0 radical (unpaired) electrons. The van der Waals surface area contributed by atoms with Crippen molar-refractivity contribution in [2.45, 2.75) is 30.8 Å². The molecule has 0 atom stereocenters. The number of hydrogen-bond acceptors (Lipinski definition) is 7. The number of anilines is 1. The van der Waals surface area contributed by atoms with E-state index in [-0.39, 0.29) is 29.6 Å². The molecular formula is C18H17N5O3S. The Morgan fingerprint density at radius 3 is 2.81 bits per heavy atom. The summed E-state index contributed by atoms with van der Waals surface area (Å²) in [5, 5.41) is 10.6. The Morgan fingerprint density at radius 1 is 1.26 bits per heavy atom. The standard InChI is InChI=1S/C18H17N5O3S/c1-10-19-18(26-23-10)22-15(24)9-27-16-8-13(17(25)20-11-6-7-11)12-4-2-3-5-14(12)21-16/h2-5,8,11H,6-7,9H2,1H3,(H,20,25)(H,19,22,23,24). The van der Waals surface area contributed by atoms with Crippen molar-refractivity contribution < 1.29 is 14.1 Å². The first-order valence-corrected chi connectivity index (χ1v) is 9.50. The normalized spacial score (nSPS) is 13.5. The van der Waals surface area contributed by atoms with Crippen LogP contribution in [-0.4, -0.2) is 38.7 Å². The highest BCUT2D eigenvalue weighted by molar-refractivity contribution is 7.99. The highest BCUT2D eigenvalue weighted by Gasteiger charge is 2.25. The fraction of sp³-hybridized carbons (Fsp3) is 0.278. The van der Waals surface area contributed by atoms with E-state index in [0.717, 1.165) is 23.7 Å². The Bertz CT molecular complexity index is 1020. The van der Waals surface area contributed by atoms with E-state index >= 15 is 0 Å². The predicted octanol–water partition coefficient (Wildman–Crippen LogP) is 2.55. The molecule has 9 heteroatoms. The van der Waals surface area contributed by atoms with Crippen LogP contribution in [-0.2, 0) is 4.79 Å². The first-order valence-electron chi connectivity index (χ1n) is 8.52. The molecule has 2 amide bonds. The number of aryl methyl sites for hydroxylation is 1. The number of fused-ring (bicyclic) bond motifs is 1. The highest BCUT2D eigenvalue weighted by atomic mass is 32.2. The third-order valence-corrected chi connectivity index (χ3v) is 4.89. The Hall–Kier alpha value is -2.94. The summed E-state index contributed by atoms with van der Waals surface area (Å²) in [6, 6.07) is 9.55. The molecule has 3 aromatic rings. The van der Waals surface area contributed by atoms with Gasteiger partial charge in [-0.05, 0) is 31.9 Å². The van der Waals surface area contributed by atoms with Gasteiger partial charge < -0.3 is 9.84 Å². The van der Waals surface area contributed by atoms with Gasteiger partial charge in [0.25, 0.3) is 5.91 Å². The molecule has 1 aromatic carbocycles. The number of benzene rings is 1. The van der Waals surface area contributed by atoms with Gasteiger partial charge in [0.05, 0.1) is 21.9 Å². The zero-order valence-corrected chi connectivity index (χ0v) is 15.4. The fourth-order valence-electron chi connectivity index (χ4n) is 2.55. The van der Waals surface area contributed by atoms with Gasteiger partial charge in [0.15, 0.2) is 5.82 Å². The Morgan fingerprint density at radius 2 is 2.07 bits per heavy atom. The number of nitrogens with one attached hydrogen (secondary N) is 2. The van der Waals surface area contributed by atoms with Crippen LogP contribution in [0.2, 0.25) is 0 Å². The number of hydrogen-bond donors (Lipinski definition) is 2. The number of aromatic nitrogens is 3. The summed E-state index contributed by atoms with van der Waals surface area (Å²) in [6.45, 7) is 1.67. The van der Waals surface area contributed by atoms with Gasteiger partial charge in [-0.15, -0.1) is 0 Å². The molecule has 1 aliphatic carbocycles. The lowest BCUT2D eigenvalue weighted by Gasteiger charge is -2.09. The average Bonchev–Trinajstić information content (AvgIpc) is 3.38. The summed E-state index contributed by atoms with van der Waals surface area (Å²) < 4.78 is 4.87. The molecule has 2 aromatic heterocycles. The zero-order valence-electron chi connectivity index (χ0n) is 14.6. The second-order valence-electron chi connectivity index (χ2n) is 6.26. The van der Waals surface area contributed by atoms with Gasteiger partial charge in [-0.25, -0.2) is 4.98 Å². The van der Waals surface area contributed by atoms with E-state index in [2.05, 4.69) is 25.8 Å². The number of nitrogens with zero attached hydrogens (tertiary/aromatic N) is 3. The Kier molecular flexibility index (Phi) is 4.76. The van der Waals surface area contributed by atoms with Crippen LogP contribution in [0.5, 0.6) is 0 Å². The number of carbonyl (C=O) groups excluding carboxylic acids is 2. The molecule has 8 nitrogen and oxygen atoms in total. The second-order valence-corrected chi connectivity index (χ2v) is 7.25. The molecule has 4 rings (SSSR count). The minimum atomic E-state index is -0.289. The van der Waals surface area contributed by atoms with Crippen molar-refractivity contribution in [3.8, 4) is 0 Å². The molecule has 2 heterocycles. The summed E-state index contributed by atoms with van der Waals surface area (Å²) in [7, 11) is 0. The van der Waals surface area contributed by atoms with Gasteiger partial charge in [-0.1, -0.05) is 35.1 Å². The molecule has 0 saturated heterocycles. The third kappa shape index (κ3) is 4.25. The minimum Gasteiger partial charge on any atom is -0.349 e. The van der Waals surface area contributed by atoms with Gasteiger partial charge in [-0.3, -0.25) is 14.9 Å². The summed E-state index contributed by atoms with van der Waals surface area (Å²) in [6.07, 6.45) is 2.04. The average molecular weight is 383 g/mol. The monoisotopic (exact) mass is 383 g/mol. The number of amides is 2. The summed E-state index contributed by atoms with van der Waals surface area (Å²) in [4.78, 5) is 33.1. The SMILES string of the molecule is Cc1noc(NC(=O)CSc2cc(C(=O)NC3CC3)c3ccccc3n2)n1. The van der Waals surface area contributed by atoms with E-state index in [1.54, 1.807) is 13.0 Å². The van der Waals surface area contributed by atoms with E-state index < -0.39 is 0 Å². The molecular weight excluding hydrogens is 366 g/mol. The van der Waals surface area contributed by atoms with Crippen molar-refractivity contribution in [3.63, 3.8) is 0 Å². The molecule has 1 fully saturated rings. The number of para-hydroxylation sites is 1. The molecule has 1 saturated carbocycles.